The van der Waals surface area contributed by atoms with Crippen LogP contribution in [-0.4, -0.2) is 55.6 Å². The molecule has 1 saturated carbocycles. The molecule has 0 radical (unpaired) electrons. The van der Waals surface area contributed by atoms with Crippen LogP contribution < -0.4 is 10.2 Å². The summed E-state index contributed by atoms with van der Waals surface area (Å²) in [6.45, 7) is 9.83. The quantitative estimate of drug-likeness (QED) is 0.473. The number of morpholine rings is 1. The maximum atomic E-state index is 13.9. The highest BCUT2D eigenvalue weighted by Gasteiger charge is 2.29. The number of alkyl halides is 2. The van der Waals surface area contributed by atoms with E-state index in [1.165, 1.54) is 10.7 Å². The van der Waals surface area contributed by atoms with Gasteiger partial charge in [-0.05, 0) is 57.4 Å². The highest BCUT2D eigenvalue weighted by Crippen LogP contribution is 2.37. The molecule has 2 atom stereocenters. The Morgan fingerprint density at radius 2 is 1.86 bits per heavy atom. The topological polar surface area (TPSA) is 89.6 Å². The fourth-order valence-corrected chi connectivity index (χ4v) is 5.63. The van der Waals surface area contributed by atoms with E-state index in [1.54, 1.807) is 17.1 Å². The number of rotatable bonds is 6. The van der Waals surface area contributed by atoms with Crippen LogP contribution >= 0.6 is 0 Å². The third-order valence-corrected chi connectivity index (χ3v) is 7.62. The first-order valence-electron chi connectivity index (χ1n) is 13.1. The van der Waals surface area contributed by atoms with Gasteiger partial charge in [-0.3, -0.25) is 9.48 Å². The molecule has 1 aliphatic heterocycles. The summed E-state index contributed by atoms with van der Waals surface area (Å²) in [4.78, 5) is 20.0. The van der Waals surface area contributed by atoms with Gasteiger partial charge in [-0.2, -0.15) is 10.2 Å². The fourth-order valence-electron chi connectivity index (χ4n) is 5.63. The molecule has 2 fully saturated rings. The monoisotopic (exact) mass is 517 g/mol. The molecule has 37 heavy (non-hydrogen) atoms. The van der Waals surface area contributed by atoms with E-state index in [1.807, 2.05) is 19.9 Å². The molecule has 1 N–H and O–H groups in total. The lowest BCUT2D eigenvalue weighted by Gasteiger charge is -2.36. The summed E-state index contributed by atoms with van der Waals surface area (Å²) in [5, 5.41) is 11.1. The zero-order chi connectivity index (χ0) is 26.3. The minimum atomic E-state index is -2.80. The molecule has 0 bridgehead atoms. The molecule has 4 heterocycles. The summed E-state index contributed by atoms with van der Waals surface area (Å²) in [6, 6.07) is 1.90. The van der Waals surface area contributed by atoms with Gasteiger partial charge >= 0.3 is 0 Å². The molecule has 2 aliphatic rings. The molecule has 5 rings (SSSR count). The molecule has 202 valence electrons. The van der Waals surface area contributed by atoms with Crippen molar-refractivity contribution in [3.8, 4) is 0 Å². The lowest BCUT2D eigenvalue weighted by molar-refractivity contribution is -0.00545. The molecule has 1 saturated heterocycles. The predicted octanol–water partition coefficient (Wildman–Crippen LogP) is 5.36. The van der Waals surface area contributed by atoms with Crippen molar-refractivity contribution in [2.75, 3.05) is 23.3 Å². The number of fused-ring (bicyclic) bond motifs is 1. The van der Waals surface area contributed by atoms with Crippen LogP contribution in [0, 0.1) is 11.8 Å². The van der Waals surface area contributed by atoms with Crippen LogP contribution in [0.2, 0.25) is 0 Å². The molecule has 0 spiro atoms. The first-order valence-corrected chi connectivity index (χ1v) is 13.1. The summed E-state index contributed by atoms with van der Waals surface area (Å²) in [5.74, 6) is 1.42. The van der Waals surface area contributed by atoms with Crippen molar-refractivity contribution in [1.29, 1.82) is 0 Å². The highest BCUT2D eigenvalue weighted by molar-refractivity contribution is 6.08. The maximum absolute atomic E-state index is 13.9. The molecular formula is C26H37F2N7O2. The van der Waals surface area contributed by atoms with Gasteiger partial charge in [0, 0.05) is 26.9 Å². The zero-order valence-corrected chi connectivity index (χ0v) is 21.8. The van der Waals surface area contributed by atoms with Gasteiger partial charge in [0.15, 0.2) is 11.3 Å². The van der Waals surface area contributed by atoms with Crippen molar-refractivity contribution in [3.63, 3.8) is 0 Å². The maximum Gasteiger partial charge on any atom is 0.284 e. The largest absolute Gasteiger partial charge is 0.372 e. The van der Waals surface area contributed by atoms with Crippen LogP contribution in [-0.2, 0) is 4.74 Å². The van der Waals surface area contributed by atoms with Crippen LogP contribution in [0.1, 0.15) is 83.3 Å². The van der Waals surface area contributed by atoms with E-state index in [0.717, 1.165) is 25.7 Å². The Labute approximate surface area is 216 Å². The van der Waals surface area contributed by atoms with Gasteiger partial charge in [-0.15, -0.1) is 0 Å². The number of aromatic nitrogens is 5. The number of hydrogen-bond acceptors (Lipinski definition) is 6. The lowest BCUT2D eigenvalue weighted by Crippen LogP contribution is -2.45. The van der Waals surface area contributed by atoms with Gasteiger partial charge in [-0.25, -0.2) is 18.3 Å². The average molecular weight is 518 g/mol. The van der Waals surface area contributed by atoms with Crippen LogP contribution in [0.15, 0.2) is 24.7 Å². The summed E-state index contributed by atoms with van der Waals surface area (Å²) >= 11 is 0. The Morgan fingerprint density at radius 1 is 1.16 bits per heavy atom. The number of ether oxygens (including phenoxy) is 1. The summed E-state index contributed by atoms with van der Waals surface area (Å²) in [7, 11) is 0. The second-order valence-electron chi connectivity index (χ2n) is 10.7. The van der Waals surface area contributed by atoms with E-state index >= 15 is 0 Å². The summed E-state index contributed by atoms with van der Waals surface area (Å²) < 4.78 is 36.7. The van der Waals surface area contributed by atoms with Gasteiger partial charge < -0.3 is 15.0 Å². The number of amides is 1. The van der Waals surface area contributed by atoms with E-state index < -0.39 is 18.0 Å². The van der Waals surface area contributed by atoms with Gasteiger partial charge in [-0.1, -0.05) is 13.8 Å². The van der Waals surface area contributed by atoms with Gasteiger partial charge in [0.1, 0.15) is 11.4 Å². The third-order valence-electron chi connectivity index (χ3n) is 7.62. The number of nitrogens with zero attached hydrogens (tertiary/aromatic N) is 6. The van der Waals surface area contributed by atoms with Crippen molar-refractivity contribution in [3.05, 3.63) is 35.9 Å². The Kier molecular flexibility index (Phi) is 7.15. The first kappa shape index (κ1) is 25.6. The Morgan fingerprint density at radius 3 is 2.51 bits per heavy atom. The lowest BCUT2D eigenvalue weighted by atomic mass is 9.80. The normalized spacial score (nSPS) is 24.8. The van der Waals surface area contributed by atoms with Crippen molar-refractivity contribution >= 4 is 23.1 Å². The van der Waals surface area contributed by atoms with Crippen molar-refractivity contribution in [2.24, 2.45) is 11.8 Å². The second kappa shape index (κ2) is 10.4. The van der Waals surface area contributed by atoms with Crippen molar-refractivity contribution < 1.29 is 19.7 Å². The number of anilines is 2. The summed E-state index contributed by atoms with van der Waals surface area (Å²) in [5.41, 5.74) is 0.180. The average Bonchev–Trinajstić information content (AvgIpc) is 3.47. The minimum absolute atomic E-state index is 0. The molecule has 11 heteroatoms. The number of hydrogen-bond donors (Lipinski definition) is 1. The Bertz CT molecular complexity index is 1250. The van der Waals surface area contributed by atoms with Gasteiger partial charge in [0.2, 0.25) is 0 Å². The highest BCUT2D eigenvalue weighted by atomic mass is 19.3. The number of carbonyl (C=O) groups excluding carboxylic acids is 1. The van der Waals surface area contributed by atoms with E-state index in [2.05, 4.69) is 39.2 Å². The number of halogens is 2. The van der Waals surface area contributed by atoms with Crippen LogP contribution in [0.4, 0.5) is 20.3 Å². The van der Waals surface area contributed by atoms with Gasteiger partial charge in [0.05, 0.1) is 30.1 Å². The first-order chi connectivity index (χ1) is 17.7. The minimum Gasteiger partial charge on any atom is -0.372 e. The molecule has 3 aromatic heterocycles. The number of carbonyl (C=O) groups is 1. The van der Waals surface area contributed by atoms with Crippen molar-refractivity contribution in [2.45, 2.75) is 78.1 Å². The van der Waals surface area contributed by atoms with E-state index in [4.69, 9.17) is 4.74 Å². The Balaban J connectivity index is 0.00000336. The second-order valence-corrected chi connectivity index (χ2v) is 10.7. The van der Waals surface area contributed by atoms with Crippen LogP contribution in [0.5, 0.6) is 0 Å². The molecule has 0 unspecified atom stereocenters. The van der Waals surface area contributed by atoms with Crippen molar-refractivity contribution in [1.82, 2.24) is 24.4 Å². The zero-order valence-electron chi connectivity index (χ0n) is 21.8. The predicted molar refractivity (Wildman–Crippen MR) is 138 cm³/mol. The molecule has 1 aliphatic carbocycles. The Hall–Kier alpha value is -3.08. The smallest absolute Gasteiger partial charge is 0.284 e. The standard InChI is InChI=1S/C26H35F2N7O2.H2/c1-15(2)18-5-7-19(8-6-18)35-14-21(23(32-35)24(27)28)30-26(36)20-11-29-34-10-9-22(31-25(20)34)33-12-16(3)37-17(4)13-33;/h9-11,14-19,24H,5-8,12-13H2,1-4H3,(H,30,36);1H/t16-,17-,18?,19?;/m0./s1. The summed E-state index contributed by atoms with van der Waals surface area (Å²) in [6.07, 6.45) is 5.87. The molecular weight excluding hydrogens is 480 g/mol. The van der Waals surface area contributed by atoms with Crippen LogP contribution in [0.3, 0.4) is 0 Å². The number of nitrogens with one attached hydrogen (secondary N) is 1. The molecule has 1 amide bonds. The SMILES string of the molecule is CC(C)C1CCC(n2cc(NC(=O)c3cnn4ccc(N5C[C@H](C)O[C@@H](C)C5)nc34)c(C(F)F)n2)CC1.[HH]. The van der Waals surface area contributed by atoms with Crippen LogP contribution in [0.25, 0.3) is 5.65 Å². The van der Waals surface area contributed by atoms with E-state index in [-0.39, 0.29) is 30.9 Å². The molecule has 9 nitrogen and oxygen atoms in total. The fraction of sp³-hybridized carbons (Fsp3) is 0.615. The molecule has 0 aromatic carbocycles. The molecule has 3 aromatic rings. The van der Waals surface area contributed by atoms with E-state index in [0.29, 0.717) is 36.4 Å². The third kappa shape index (κ3) is 5.32. The van der Waals surface area contributed by atoms with E-state index in [9.17, 15) is 13.6 Å². The van der Waals surface area contributed by atoms with Gasteiger partial charge in [0.25, 0.3) is 12.3 Å².